The molecule has 0 saturated heterocycles. The molecular weight excluding hydrogens is 318 g/mol. The summed E-state index contributed by atoms with van der Waals surface area (Å²) in [6.07, 6.45) is 2.81. The Kier molecular flexibility index (Phi) is 3.71. The van der Waals surface area contributed by atoms with Gasteiger partial charge >= 0.3 is 12.1 Å². The molecule has 23 heavy (non-hydrogen) atoms. The molecule has 1 fully saturated rings. The van der Waals surface area contributed by atoms with Crippen LogP contribution >= 0.6 is 11.6 Å². The topological polar surface area (TPSA) is 55.8 Å². The highest BCUT2D eigenvalue weighted by Gasteiger charge is 2.66. The smallest absolute Gasteiger partial charge is 0.410 e. The molecule has 3 aliphatic rings. The zero-order chi connectivity index (χ0) is 17.0. The lowest BCUT2D eigenvalue weighted by Gasteiger charge is -2.38. The largest absolute Gasteiger partial charge is 0.468 e. The van der Waals surface area contributed by atoms with E-state index in [0.29, 0.717) is 19.5 Å². The van der Waals surface area contributed by atoms with Crippen molar-refractivity contribution in [3.63, 3.8) is 0 Å². The Morgan fingerprint density at radius 3 is 2.17 bits per heavy atom. The quantitative estimate of drug-likeness (QED) is 0.417. The third kappa shape index (κ3) is 2.73. The van der Waals surface area contributed by atoms with Crippen molar-refractivity contribution in [2.45, 2.75) is 56.9 Å². The van der Waals surface area contributed by atoms with Crippen LogP contribution in [0.1, 0.15) is 46.5 Å². The summed E-state index contributed by atoms with van der Waals surface area (Å²) >= 11 is 6.74. The van der Waals surface area contributed by atoms with Gasteiger partial charge in [0, 0.05) is 24.9 Å². The number of alkyl halides is 1. The van der Waals surface area contributed by atoms with Gasteiger partial charge in [0.25, 0.3) is 0 Å². The van der Waals surface area contributed by atoms with Crippen molar-refractivity contribution in [3.05, 3.63) is 11.1 Å². The Bertz CT molecular complexity index is 588. The molecule has 1 aliphatic heterocycles. The highest BCUT2D eigenvalue weighted by molar-refractivity contribution is 6.35. The number of carbonyl (C=O) groups is 2. The first-order valence-corrected chi connectivity index (χ1v) is 8.43. The molecule has 0 N–H and O–H groups in total. The number of nitrogens with zero attached hydrogens (tertiary/aromatic N) is 1. The van der Waals surface area contributed by atoms with Gasteiger partial charge in [-0.25, -0.2) is 4.79 Å². The molecule has 0 unspecified atom stereocenters. The first-order chi connectivity index (χ1) is 10.6. The summed E-state index contributed by atoms with van der Waals surface area (Å²) in [4.78, 5) is 25.3. The fraction of sp³-hybridized carbons (Fsp3) is 0.765. The van der Waals surface area contributed by atoms with Crippen molar-refractivity contribution in [3.8, 4) is 0 Å². The summed E-state index contributed by atoms with van der Waals surface area (Å²) in [7, 11) is 1.38. The van der Waals surface area contributed by atoms with Gasteiger partial charge in [-0.1, -0.05) is 0 Å². The van der Waals surface area contributed by atoms with Crippen LogP contribution in [0, 0.1) is 5.41 Å². The van der Waals surface area contributed by atoms with Crippen LogP contribution in [-0.2, 0) is 14.3 Å². The molecule has 1 heterocycles. The molecule has 0 radical (unpaired) electrons. The average Bonchev–Trinajstić information content (AvgIpc) is 3.10. The molecule has 1 atom stereocenters. The van der Waals surface area contributed by atoms with Gasteiger partial charge in [-0.3, -0.25) is 4.79 Å². The van der Waals surface area contributed by atoms with E-state index in [2.05, 4.69) is 0 Å². The Balaban J connectivity index is 1.76. The molecule has 0 aromatic heterocycles. The molecule has 1 saturated carbocycles. The fourth-order valence-electron chi connectivity index (χ4n) is 3.76. The molecular formula is C17H24ClNO4. The van der Waals surface area contributed by atoms with Crippen molar-refractivity contribution in [1.29, 1.82) is 0 Å². The zero-order valence-electron chi connectivity index (χ0n) is 14.2. The zero-order valence-corrected chi connectivity index (χ0v) is 15.0. The van der Waals surface area contributed by atoms with Crippen LogP contribution in [0.2, 0.25) is 0 Å². The van der Waals surface area contributed by atoms with E-state index in [9.17, 15) is 9.59 Å². The fourth-order valence-corrected chi connectivity index (χ4v) is 4.26. The number of amides is 1. The van der Waals surface area contributed by atoms with E-state index in [4.69, 9.17) is 21.1 Å². The molecule has 3 rings (SSSR count). The molecule has 0 aromatic rings. The Hall–Kier alpha value is -1.23. The number of hydrogen-bond acceptors (Lipinski definition) is 4. The second-order valence-electron chi connectivity index (χ2n) is 7.97. The highest BCUT2D eigenvalue weighted by atomic mass is 35.5. The van der Waals surface area contributed by atoms with Gasteiger partial charge in [0.1, 0.15) is 5.60 Å². The van der Waals surface area contributed by atoms with Gasteiger partial charge in [-0.2, -0.15) is 0 Å². The molecule has 0 aromatic carbocycles. The summed E-state index contributed by atoms with van der Waals surface area (Å²) in [6, 6.07) is 0. The molecule has 5 nitrogen and oxygen atoms in total. The number of rotatable bonds is 1. The predicted molar refractivity (Wildman–Crippen MR) is 86.3 cm³/mol. The maximum absolute atomic E-state index is 12.3. The summed E-state index contributed by atoms with van der Waals surface area (Å²) in [5.74, 6) is -0.348. The highest BCUT2D eigenvalue weighted by Crippen LogP contribution is 2.66. The van der Waals surface area contributed by atoms with Crippen LogP contribution in [0.3, 0.4) is 0 Å². The van der Waals surface area contributed by atoms with Gasteiger partial charge in [0.05, 0.1) is 7.11 Å². The maximum Gasteiger partial charge on any atom is 0.410 e. The summed E-state index contributed by atoms with van der Waals surface area (Å²) in [5, 5.41) is 0. The number of carbonyl (C=O) groups excluding carboxylic acids is 2. The van der Waals surface area contributed by atoms with Crippen LogP contribution in [-0.4, -0.2) is 47.6 Å². The molecule has 128 valence electrons. The van der Waals surface area contributed by atoms with Crippen molar-refractivity contribution in [1.82, 2.24) is 4.90 Å². The van der Waals surface area contributed by atoms with Gasteiger partial charge in [-0.05, 0) is 51.2 Å². The first kappa shape index (κ1) is 16.6. The third-order valence-corrected chi connectivity index (χ3v) is 5.82. The van der Waals surface area contributed by atoms with Crippen molar-refractivity contribution >= 4 is 23.7 Å². The lowest BCUT2D eigenvalue weighted by Crippen LogP contribution is -2.46. The minimum Gasteiger partial charge on any atom is -0.468 e. The maximum atomic E-state index is 12.3. The van der Waals surface area contributed by atoms with Crippen LogP contribution in [0.5, 0.6) is 0 Å². The molecule has 1 spiro atoms. The first-order valence-electron chi connectivity index (χ1n) is 8.05. The SMILES string of the molecule is COC(=O)[C@@]1(Cl)CC2=C(CN(C(=O)OC(C)(C)C)C2)CC12CC2. The molecule has 2 aliphatic carbocycles. The number of esters is 1. The van der Waals surface area contributed by atoms with Crippen molar-refractivity contribution in [2.75, 3.05) is 20.2 Å². The number of hydrogen-bond donors (Lipinski definition) is 0. The summed E-state index contributed by atoms with van der Waals surface area (Å²) < 4.78 is 10.4. The molecule has 6 heteroatoms. The van der Waals surface area contributed by atoms with E-state index >= 15 is 0 Å². The van der Waals surface area contributed by atoms with Crippen LogP contribution < -0.4 is 0 Å². The van der Waals surface area contributed by atoms with E-state index in [1.54, 1.807) is 4.90 Å². The van der Waals surface area contributed by atoms with E-state index in [1.165, 1.54) is 12.7 Å². The minimum absolute atomic E-state index is 0.190. The standard InChI is InChI=1S/C17H24ClNO4/c1-15(2,3)23-14(21)19-9-11-7-16(5-6-16)17(18,13(20)22-4)8-12(11)10-19/h5-10H2,1-4H3/t17-/m0/s1. The van der Waals surface area contributed by atoms with Gasteiger partial charge < -0.3 is 14.4 Å². The van der Waals surface area contributed by atoms with Crippen LogP contribution in [0.4, 0.5) is 4.79 Å². The van der Waals surface area contributed by atoms with Crippen molar-refractivity contribution < 1.29 is 19.1 Å². The lowest BCUT2D eigenvalue weighted by molar-refractivity contribution is -0.146. The Morgan fingerprint density at radius 2 is 1.70 bits per heavy atom. The summed E-state index contributed by atoms with van der Waals surface area (Å²) in [5.41, 5.74) is 1.63. The molecule has 0 bridgehead atoms. The second-order valence-corrected chi connectivity index (χ2v) is 8.62. The van der Waals surface area contributed by atoms with Gasteiger partial charge in [0.2, 0.25) is 0 Å². The second kappa shape index (κ2) is 5.13. The predicted octanol–water partition coefficient (Wildman–Crippen LogP) is 3.26. The Morgan fingerprint density at radius 1 is 1.13 bits per heavy atom. The third-order valence-electron chi connectivity index (χ3n) is 5.13. The minimum atomic E-state index is -0.982. The van der Waals surface area contributed by atoms with Gasteiger partial charge in [0.15, 0.2) is 4.87 Å². The molecule has 1 amide bonds. The normalized spacial score (nSPS) is 28.7. The number of methoxy groups -OCH3 is 1. The lowest BCUT2D eigenvalue weighted by atomic mass is 9.73. The van der Waals surface area contributed by atoms with E-state index in [-0.39, 0.29) is 17.5 Å². The van der Waals surface area contributed by atoms with Gasteiger partial charge in [-0.15, -0.1) is 11.6 Å². The number of halogens is 1. The monoisotopic (exact) mass is 341 g/mol. The van der Waals surface area contributed by atoms with Crippen molar-refractivity contribution in [2.24, 2.45) is 5.41 Å². The van der Waals surface area contributed by atoms with E-state index < -0.39 is 10.5 Å². The number of ether oxygens (including phenoxy) is 2. The van der Waals surface area contributed by atoms with Crippen LogP contribution in [0.25, 0.3) is 0 Å². The Labute approximate surface area is 141 Å². The van der Waals surface area contributed by atoms with E-state index in [1.807, 2.05) is 20.8 Å². The van der Waals surface area contributed by atoms with E-state index in [0.717, 1.165) is 24.8 Å². The average molecular weight is 342 g/mol. The van der Waals surface area contributed by atoms with Crippen LogP contribution in [0.15, 0.2) is 11.1 Å². The summed E-state index contributed by atoms with van der Waals surface area (Å²) in [6.45, 7) is 6.64.